The Morgan fingerprint density at radius 2 is 1.68 bits per heavy atom. The topological polar surface area (TPSA) is 27.7 Å². The van der Waals surface area contributed by atoms with Crippen LogP contribution in [-0.4, -0.2) is 27.9 Å². The lowest BCUT2D eigenvalue weighted by molar-refractivity contribution is -0.191. The molecule has 0 N–H and O–H groups in total. The van der Waals surface area contributed by atoms with Crippen molar-refractivity contribution in [2.24, 2.45) is 0 Å². The molecule has 0 saturated heterocycles. The number of ether oxygens (including phenoxy) is 3. The normalized spacial score (nSPS) is 14.0. The average molecular weight is 342 g/mol. The fourth-order valence-corrected chi connectivity index (χ4v) is 2.54. The van der Waals surface area contributed by atoms with Crippen LogP contribution in [0.15, 0.2) is 77.9 Å². The summed E-state index contributed by atoms with van der Waals surface area (Å²) >= 11 is 0. The Morgan fingerprint density at radius 3 is 2.24 bits per heavy atom. The van der Waals surface area contributed by atoms with Crippen molar-refractivity contribution in [2.45, 2.75) is 26.1 Å². The third kappa shape index (κ3) is 6.13. The number of allylic oxidation sites excluding steroid dienone is 7. The summed E-state index contributed by atoms with van der Waals surface area (Å²) in [5.41, 5.74) is 2.95. The van der Waals surface area contributed by atoms with E-state index >= 15 is 0 Å². The van der Waals surface area contributed by atoms with Gasteiger partial charge in [0, 0.05) is 32.5 Å². The van der Waals surface area contributed by atoms with Crippen molar-refractivity contribution in [3.63, 3.8) is 0 Å². The molecule has 1 aromatic carbocycles. The molecule has 25 heavy (non-hydrogen) atoms. The van der Waals surface area contributed by atoms with Gasteiger partial charge in [0.15, 0.2) is 0 Å². The Bertz CT molecular complexity index is 605. The van der Waals surface area contributed by atoms with Crippen molar-refractivity contribution in [1.82, 2.24) is 0 Å². The van der Waals surface area contributed by atoms with Crippen LogP contribution in [0.3, 0.4) is 0 Å². The molecule has 0 saturated carbocycles. The lowest BCUT2D eigenvalue weighted by atomic mass is 9.96. The van der Waals surface area contributed by atoms with E-state index in [-0.39, 0.29) is 0 Å². The zero-order valence-corrected chi connectivity index (χ0v) is 16.0. The zero-order chi connectivity index (χ0) is 18.5. The highest BCUT2D eigenvalue weighted by molar-refractivity contribution is 5.35. The van der Waals surface area contributed by atoms with Crippen LogP contribution in [0, 0.1) is 0 Å². The Kier molecular flexibility index (Phi) is 9.78. The molecule has 0 amide bonds. The molecule has 0 atom stereocenters. The minimum Gasteiger partial charge on any atom is -0.380 e. The fraction of sp³-hybridized carbons (Fsp3) is 0.364. The highest BCUT2D eigenvalue weighted by Crippen LogP contribution is 2.34. The molecule has 0 radical (unpaired) electrons. The molecular weight excluding hydrogens is 312 g/mol. The Hall–Kier alpha value is -1.94. The molecule has 0 aliphatic heterocycles. The van der Waals surface area contributed by atoms with Gasteiger partial charge >= 0.3 is 0 Å². The first-order valence-corrected chi connectivity index (χ1v) is 8.50. The molecule has 0 unspecified atom stereocenters. The second-order valence-electron chi connectivity index (χ2n) is 5.62. The van der Waals surface area contributed by atoms with E-state index in [1.54, 1.807) is 21.3 Å². The smallest absolute Gasteiger partial charge is 0.220 e. The minimum absolute atomic E-state index is 0.403. The highest BCUT2D eigenvalue weighted by atomic mass is 16.7. The number of benzene rings is 1. The monoisotopic (exact) mass is 342 g/mol. The van der Waals surface area contributed by atoms with Gasteiger partial charge in [-0.25, -0.2) is 0 Å². The molecule has 136 valence electrons. The van der Waals surface area contributed by atoms with Gasteiger partial charge in [-0.15, -0.1) is 0 Å². The predicted octanol–water partition coefficient (Wildman–Crippen LogP) is 5.17. The number of methoxy groups -OCH3 is 3. The van der Waals surface area contributed by atoms with Crippen LogP contribution in [0.5, 0.6) is 0 Å². The van der Waals surface area contributed by atoms with Crippen molar-refractivity contribution in [3.05, 3.63) is 83.5 Å². The second kappa shape index (κ2) is 11.6. The van der Waals surface area contributed by atoms with Crippen molar-refractivity contribution < 1.29 is 14.2 Å². The Morgan fingerprint density at radius 1 is 1.00 bits per heavy atom. The van der Waals surface area contributed by atoms with Gasteiger partial charge in [0.05, 0.1) is 6.61 Å². The van der Waals surface area contributed by atoms with Gasteiger partial charge < -0.3 is 14.2 Å². The maximum atomic E-state index is 5.80. The lowest BCUT2D eigenvalue weighted by Gasteiger charge is -2.33. The summed E-state index contributed by atoms with van der Waals surface area (Å²) in [7, 11) is 4.96. The number of hydrogen-bond donors (Lipinski definition) is 0. The van der Waals surface area contributed by atoms with Crippen LogP contribution in [-0.2, 0) is 20.0 Å². The summed E-state index contributed by atoms with van der Waals surface area (Å²) in [6.07, 6.45) is 13.4. The molecular formula is C22H30O3. The fourth-order valence-electron chi connectivity index (χ4n) is 2.54. The third-order valence-corrected chi connectivity index (χ3v) is 3.84. The predicted molar refractivity (Wildman–Crippen MR) is 104 cm³/mol. The third-order valence-electron chi connectivity index (χ3n) is 3.84. The van der Waals surface area contributed by atoms with Crippen LogP contribution < -0.4 is 0 Å². The van der Waals surface area contributed by atoms with Crippen LogP contribution in [0.4, 0.5) is 0 Å². The van der Waals surface area contributed by atoms with E-state index in [4.69, 9.17) is 14.2 Å². The Balaban J connectivity index is 3.21. The van der Waals surface area contributed by atoms with Gasteiger partial charge in [-0.1, -0.05) is 79.3 Å². The molecule has 0 bridgehead atoms. The summed E-state index contributed by atoms with van der Waals surface area (Å²) in [6.45, 7) is 4.58. The van der Waals surface area contributed by atoms with E-state index in [1.807, 2.05) is 48.6 Å². The maximum absolute atomic E-state index is 5.80. The summed E-state index contributed by atoms with van der Waals surface area (Å²) in [5, 5.41) is 0. The lowest BCUT2D eigenvalue weighted by Crippen LogP contribution is -2.35. The Labute approximate surface area is 152 Å². The maximum Gasteiger partial charge on any atom is 0.220 e. The van der Waals surface area contributed by atoms with Gasteiger partial charge in [-0.3, -0.25) is 0 Å². The number of rotatable bonds is 10. The molecule has 1 rings (SSSR count). The average Bonchev–Trinajstić information content (AvgIpc) is 2.65. The molecule has 0 fully saturated rings. The van der Waals surface area contributed by atoms with Crippen LogP contribution in [0.2, 0.25) is 0 Å². The largest absolute Gasteiger partial charge is 0.380 e. The van der Waals surface area contributed by atoms with Crippen molar-refractivity contribution in [1.29, 1.82) is 0 Å². The SMILES string of the molecule is CC\C=C/C=C\C(C)=C\C=C(/COC)C(OC)(OC)c1ccccc1. The van der Waals surface area contributed by atoms with Crippen molar-refractivity contribution in [2.75, 3.05) is 27.9 Å². The van der Waals surface area contributed by atoms with E-state index in [2.05, 4.69) is 32.1 Å². The molecule has 0 spiro atoms. The molecule has 3 heteroatoms. The molecule has 0 aliphatic carbocycles. The molecule has 1 aromatic rings. The zero-order valence-electron chi connectivity index (χ0n) is 16.0. The number of hydrogen-bond acceptors (Lipinski definition) is 3. The minimum atomic E-state index is -0.972. The van der Waals surface area contributed by atoms with E-state index < -0.39 is 5.79 Å². The van der Waals surface area contributed by atoms with Gasteiger partial charge in [0.25, 0.3) is 0 Å². The van der Waals surface area contributed by atoms with Gasteiger partial charge in [0.2, 0.25) is 5.79 Å². The second-order valence-corrected chi connectivity index (χ2v) is 5.62. The summed E-state index contributed by atoms with van der Waals surface area (Å²) in [6, 6.07) is 9.88. The van der Waals surface area contributed by atoms with E-state index in [0.29, 0.717) is 6.61 Å². The first kappa shape index (κ1) is 21.1. The summed E-state index contributed by atoms with van der Waals surface area (Å²) < 4.78 is 17.0. The molecule has 3 nitrogen and oxygen atoms in total. The van der Waals surface area contributed by atoms with Crippen LogP contribution in [0.25, 0.3) is 0 Å². The molecule has 0 aromatic heterocycles. The molecule has 0 aliphatic rings. The van der Waals surface area contributed by atoms with Gasteiger partial charge in [-0.05, 0) is 13.3 Å². The first-order chi connectivity index (χ1) is 12.1. The first-order valence-electron chi connectivity index (χ1n) is 8.50. The van der Waals surface area contributed by atoms with Crippen molar-refractivity contribution >= 4 is 0 Å². The highest BCUT2D eigenvalue weighted by Gasteiger charge is 2.36. The van der Waals surface area contributed by atoms with Gasteiger partial charge in [-0.2, -0.15) is 0 Å². The summed E-state index contributed by atoms with van der Waals surface area (Å²) in [4.78, 5) is 0. The quantitative estimate of drug-likeness (QED) is 0.433. The van der Waals surface area contributed by atoms with Crippen LogP contribution >= 0.6 is 0 Å². The van der Waals surface area contributed by atoms with Crippen molar-refractivity contribution in [3.8, 4) is 0 Å². The van der Waals surface area contributed by atoms with E-state index in [1.165, 1.54) is 0 Å². The van der Waals surface area contributed by atoms with E-state index in [0.717, 1.165) is 23.1 Å². The standard InChI is InChI=1S/C22H30O3/c1-6-7-8-10-13-19(2)16-17-21(18-23-3)22(24-4,25-5)20-14-11-9-12-15-20/h7-17H,6,18H2,1-5H3/b8-7-,13-10-,19-16+,21-17+. The summed E-state index contributed by atoms with van der Waals surface area (Å²) in [5.74, 6) is -0.972. The van der Waals surface area contributed by atoms with Crippen LogP contribution in [0.1, 0.15) is 25.8 Å². The van der Waals surface area contributed by atoms with Gasteiger partial charge in [0.1, 0.15) is 0 Å². The molecule has 0 heterocycles. The van der Waals surface area contributed by atoms with E-state index in [9.17, 15) is 0 Å².